The number of rotatable bonds is 6. The molecule has 2 heterocycles. The molecule has 0 fully saturated rings. The van der Waals surface area contributed by atoms with Crippen LogP contribution in [0, 0.1) is 0 Å². The molecule has 0 aliphatic rings. The minimum atomic E-state index is -3.55. The zero-order chi connectivity index (χ0) is 18.7. The Bertz CT molecular complexity index is 1020. The van der Waals surface area contributed by atoms with E-state index in [2.05, 4.69) is 15.5 Å². The highest BCUT2D eigenvalue weighted by molar-refractivity contribution is 7.89. The predicted octanol–water partition coefficient (Wildman–Crippen LogP) is 2.01. The molecule has 0 atom stereocenters. The van der Waals surface area contributed by atoms with Gasteiger partial charge in [0, 0.05) is 24.8 Å². The van der Waals surface area contributed by atoms with Crippen molar-refractivity contribution in [3.05, 3.63) is 54.2 Å². The van der Waals surface area contributed by atoms with Crippen LogP contribution in [-0.4, -0.2) is 46.3 Å². The molecule has 0 saturated carbocycles. The first-order chi connectivity index (χ1) is 12.5. The van der Waals surface area contributed by atoms with E-state index in [0.717, 1.165) is 0 Å². The van der Waals surface area contributed by atoms with Crippen LogP contribution in [0.1, 0.15) is 24.2 Å². The van der Waals surface area contributed by atoms with Gasteiger partial charge in [-0.25, -0.2) is 8.42 Å². The molecule has 0 radical (unpaired) electrons. The maximum Gasteiger partial charge on any atom is 0.258 e. The van der Waals surface area contributed by atoms with E-state index in [4.69, 9.17) is 0 Å². The van der Waals surface area contributed by atoms with Crippen molar-refractivity contribution in [1.82, 2.24) is 18.9 Å². The van der Waals surface area contributed by atoms with Crippen molar-refractivity contribution in [3.8, 4) is 0 Å². The highest BCUT2D eigenvalue weighted by atomic mass is 32.2. The van der Waals surface area contributed by atoms with Crippen LogP contribution in [-0.2, 0) is 10.0 Å². The molecule has 0 spiro atoms. The van der Waals surface area contributed by atoms with Gasteiger partial charge >= 0.3 is 0 Å². The van der Waals surface area contributed by atoms with Crippen molar-refractivity contribution in [3.63, 3.8) is 0 Å². The lowest BCUT2D eigenvalue weighted by molar-refractivity contribution is 0.102. The van der Waals surface area contributed by atoms with Gasteiger partial charge in [-0.1, -0.05) is 19.9 Å². The molecule has 8 nitrogen and oxygen atoms in total. The number of hydrogen-bond acceptors (Lipinski definition) is 5. The van der Waals surface area contributed by atoms with Crippen LogP contribution < -0.4 is 5.32 Å². The number of sulfonamides is 1. The lowest BCUT2D eigenvalue weighted by atomic mass is 10.2. The Morgan fingerprint density at radius 3 is 2.42 bits per heavy atom. The molecule has 3 rings (SSSR count). The molecule has 0 aliphatic carbocycles. The molecule has 26 heavy (non-hydrogen) atoms. The number of benzene rings is 1. The summed E-state index contributed by atoms with van der Waals surface area (Å²) in [5.41, 5.74) is 0.944. The summed E-state index contributed by atoms with van der Waals surface area (Å²) in [4.78, 5) is 12.6. The van der Waals surface area contributed by atoms with E-state index in [0.29, 0.717) is 30.2 Å². The minimum absolute atomic E-state index is 0.158. The molecule has 1 aromatic carbocycles. The normalized spacial score (nSPS) is 11.8. The SMILES string of the molecule is CCN(CC)S(=O)(=O)c1ccc(C(=O)Nc2nnc3ccccn23)cc1. The number of hydrogen-bond donors (Lipinski definition) is 1. The highest BCUT2D eigenvalue weighted by Gasteiger charge is 2.21. The Kier molecular flexibility index (Phi) is 5.01. The van der Waals surface area contributed by atoms with Gasteiger partial charge in [-0.3, -0.25) is 14.5 Å². The number of pyridine rings is 1. The number of nitrogens with zero attached hydrogens (tertiary/aromatic N) is 4. The van der Waals surface area contributed by atoms with Gasteiger partial charge in [0.1, 0.15) is 0 Å². The van der Waals surface area contributed by atoms with Crippen LogP contribution in [0.3, 0.4) is 0 Å². The summed E-state index contributed by atoms with van der Waals surface area (Å²) in [6.45, 7) is 4.35. The third-order valence-corrected chi connectivity index (χ3v) is 6.06. The van der Waals surface area contributed by atoms with Crippen molar-refractivity contribution in [2.24, 2.45) is 0 Å². The fraction of sp³-hybridized carbons (Fsp3) is 0.235. The number of carbonyl (C=O) groups is 1. The Balaban J connectivity index is 1.81. The first-order valence-electron chi connectivity index (χ1n) is 8.18. The summed E-state index contributed by atoms with van der Waals surface area (Å²) in [5, 5.41) is 10.6. The number of fused-ring (bicyclic) bond motifs is 1. The van der Waals surface area contributed by atoms with Gasteiger partial charge in [-0.05, 0) is 36.4 Å². The predicted molar refractivity (Wildman–Crippen MR) is 97.5 cm³/mol. The van der Waals surface area contributed by atoms with Crippen LogP contribution in [0.25, 0.3) is 5.65 Å². The molecule has 0 aliphatic heterocycles. The molecule has 1 N–H and O–H groups in total. The van der Waals surface area contributed by atoms with Gasteiger partial charge in [0.05, 0.1) is 4.90 Å². The van der Waals surface area contributed by atoms with E-state index in [-0.39, 0.29) is 4.90 Å². The van der Waals surface area contributed by atoms with E-state index in [1.165, 1.54) is 28.6 Å². The summed E-state index contributed by atoms with van der Waals surface area (Å²) in [6, 6.07) is 11.2. The Morgan fingerprint density at radius 2 is 1.77 bits per heavy atom. The number of carbonyl (C=O) groups excluding carboxylic acids is 1. The zero-order valence-corrected chi connectivity index (χ0v) is 15.3. The molecular weight excluding hydrogens is 354 g/mol. The first kappa shape index (κ1) is 18.0. The lowest BCUT2D eigenvalue weighted by Gasteiger charge is -2.18. The second-order valence-corrected chi connectivity index (χ2v) is 7.46. The number of aromatic nitrogens is 3. The van der Waals surface area contributed by atoms with E-state index in [9.17, 15) is 13.2 Å². The highest BCUT2D eigenvalue weighted by Crippen LogP contribution is 2.17. The second kappa shape index (κ2) is 7.22. The lowest BCUT2D eigenvalue weighted by Crippen LogP contribution is -2.30. The van der Waals surface area contributed by atoms with Gasteiger partial charge in [0.2, 0.25) is 16.0 Å². The van der Waals surface area contributed by atoms with Crippen LogP contribution in [0.5, 0.6) is 0 Å². The van der Waals surface area contributed by atoms with E-state index in [1.807, 2.05) is 6.07 Å². The summed E-state index contributed by atoms with van der Waals surface area (Å²) < 4.78 is 28.0. The van der Waals surface area contributed by atoms with Crippen molar-refractivity contribution in [1.29, 1.82) is 0 Å². The quantitative estimate of drug-likeness (QED) is 0.713. The van der Waals surface area contributed by atoms with Crippen LogP contribution in [0.4, 0.5) is 5.95 Å². The van der Waals surface area contributed by atoms with Crippen LogP contribution in [0.15, 0.2) is 53.6 Å². The molecule has 2 aromatic heterocycles. The summed E-state index contributed by atoms with van der Waals surface area (Å²) >= 11 is 0. The third kappa shape index (κ3) is 3.31. The fourth-order valence-corrected chi connectivity index (χ4v) is 4.05. The number of amides is 1. The monoisotopic (exact) mass is 373 g/mol. The maximum atomic E-state index is 12.5. The molecule has 136 valence electrons. The van der Waals surface area contributed by atoms with Crippen LogP contribution in [0.2, 0.25) is 0 Å². The standard InChI is InChI=1S/C17H19N5O3S/c1-3-21(4-2)26(24,25)14-10-8-13(9-11-14)16(23)18-17-20-19-15-7-5-6-12-22(15)17/h5-12H,3-4H2,1-2H3,(H,18,20,23). The summed E-state index contributed by atoms with van der Waals surface area (Å²) in [5.74, 6) is -0.0969. The minimum Gasteiger partial charge on any atom is -0.290 e. The van der Waals surface area contributed by atoms with E-state index in [1.54, 1.807) is 36.6 Å². The fourth-order valence-electron chi connectivity index (χ4n) is 2.59. The average Bonchev–Trinajstić information content (AvgIpc) is 3.05. The Hall–Kier alpha value is -2.78. The molecule has 1 amide bonds. The van der Waals surface area contributed by atoms with Crippen molar-refractivity contribution < 1.29 is 13.2 Å². The van der Waals surface area contributed by atoms with Crippen molar-refractivity contribution >= 4 is 27.5 Å². The Morgan fingerprint density at radius 1 is 1.08 bits per heavy atom. The smallest absolute Gasteiger partial charge is 0.258 e. The average molecular weight is 373 g/mol. The zero-order valence-electron chi connectivity index (χ0n) is 14.5. The van der Waals surface area contributed by atoms with Gasteiger partial charge in [0.15, 0.2) is 5.65 Å². The molecule has 0 bridgehead atoms. The van der Waals surface area contributed by atoms with Gasteiger partial charge in [-0.15, -0.1) is 10.2 Å². The Labute approximate surface area is 151 Å². The molecular formula is C17H19N5O3S. The molecule has 0 unspecified atom stereocenters. The third-order valence-electron chi connectivity index (χ3n) is 4.00. The van der Waals surface area contributed by atoms with Gasteiger partial charge in [-0.2, -0.15) is 4.31 Å². The summed E-state index contributed by atoms with van der Waals surface area (Å²) in [6.07, 6.45) is 1.74. The number of anilines is 1. The van der Waals surface area contributed by atoms with Gasteiger partial charge in [0.25, 0.3) is 5.91 Å². The molecule has 0 saturated heterocycles. The molecule has 3 aromatic rings. The number of nitrogens with one attached hydrogen (secondary N) is 1. The second-order valence-electron chi connectivity index (χ2n) is 5.52. The topological polar surface area (TPSA) is 96.7 Å². The summed E-state index contributed by atoms with van der Waals surface area (Å²) in [7, 11) is -3.55. The van der Waals surface area contributed by atoms with Crippen molar-refractivity contribution in [2.75, 3.05) is 18.4 Å². The van der Waals surface area contributed by atoms with E-state index >= 15 is 0 Å². The van der Waals surface area contributed by atoms with E-state index < -0.39 is 15.9 Å². The van der Waals surface area contributed by atoms with Crippen LogP contribution >= 0.6 is 0 Å². The van der Waals surface area contributed by atoms with Crippen molar-refractivity contribution in [2.45, 2.75) is 18.7 Å². The maximum absolute atomic E-state index is 12.5. The van der Waals surface area contributed by atoms with Gasteiger partial charge < -0.3 is 0 Å². The largest absolute Gasteiger partial charge is 0.290 e. The first-order valence-corrected chi connectivity index (χ1v) is 9.62. The molecule has 9 heteroatoms.